The first-order valence-corrected chi connectivity index (χ1v) is 3.72. The molecule has 0 bridgehead atoms. The van der Waals surface area contributed by atoms with E-state index >= 15 is 0 Å². The van der Waals surface area contributed by atoms with Crippen molar-refractivity contribution in [3.63, 3.8) is 0 Å². The Morgan fingerprint density at radius 1 is 1.15 bits per heavy atom. The van der Waals surface area contributed by atoms with Crippen LogP contribution in [0.3, 0.4) is 0 Å². The second kappa shape index (κ2) is 2.52. The second-order valence-corrected chi connectivity index (χ2v) is 2.88. The van der Waals surface area contributed by atoms with Crippen molar-refractivity contribution in [2.75, 3.05) is 0 Å². The third kappa shape index (κ3) is 1.02. The van der Waals surface area contributed by atoms with Crippen molar-refractivity contribution in [3.05, 3.63) is 35.3 Å². The van der Waals surface area contributed by atoms with Crippen molar-refractivity contribution in [1.29, 1.82) is 0 Å². The first-order chi connectivity index (χ1) is 6.11. The number of aromatic amines is 1. The van der Waals surface area contributed by atoms with Gasteiger partial charge < -0.3 is 4.98 Å². The SMILES string of the molecule is Cc1c[nH]c2c(F)c(F)c(F)cc12. The quantitative estimate of drug-likeness (QED) is 0.607. The second-order valence-electron chi connectivity index (χ2n) is 2.88. The number of aryl methyl sites for hydroxylation is 1. The Labute approximate surface area is 72.2 Å². The molecule has 1 nitrogen and oxygen atoms in total. The highest BCUT2D eigenvalue weighted by Crippen LogP contribution is 2.24. The number of hydrogen-bond donors (Lipinski definition) is 1. The standard InChI is InChI=1S/C9H6F3N/c1-4-3-13-9-5(4)2-6(10)7(11)8(9)12/h2-3,13H,1H3. The molecule has 0 radical (unpaired) electrons. The molecule has 0 saturated heterocycles. The number of aromatic nitrogens is 1. The molecule has 0 saturated carbocycles. The maximum atomic E-state index is 13.0. The summed E-state index contributed by atoms with van der Waals surface area (Å²) < 4.78 is 38.5. The molecule has 13 heavy (non-hydrogen) atoms. The third-order valence-corrected chi connectivity index (χ3v) is 2.02. The predicted octanol–water partition coefficient (Wildman–Crippen LogP) is 2.89. The van der Waals surface area contributed by atoms with Crippen LogP contribution in [0, 0.1) is 24.4 Å². The van der Waals surface area contributed by atoms with Crippen molar-refractivity contribution < 1.29 is 13.2 Å². The smallest absolute Gasteiger partial charge is 0.196 e. The maximum Gasteiger partial charge on any atom is 0.196 e. The zero-order valence-corrected chi connectivity index (χ0v) is 6.79. The van der Waals surface area contributed by atoms with E-state index in [9.17, 15) is 13.2 Å². The summed E-state index contributed by atoms with van der Waals surface area (Å²) >= 11 is 0. The average molecular weight is 185 g/mol. The highest BCUT2D eigenvalue weighted by molar-refractivity contribution is 5.83. The van der Waals surface area contributed by atoms with E-state index in [2.05, 4.69) is 4.98 Å². The molecular weight excluding hydrogens is 179 g/mol. The van der Waals surface area contributed by atoms with Gasteiger partial charge in [-0.3, -0.25) is 0 Å². The highest BCUT2D eigenvalue weighted by atomic mass is 19.2. The van der Waals surface area contributed by atoms with E-state index in [0.29, 0.717) is 10.9 Å². The number of fused-ring (bicyclic) bond motifs is 1. The van der Waals surface area contributed by atoms with Crippen molar-refractivity contribution >= 4 is 10.9 Å². The van der Waals surface area contributed by atoms with Crippen molar-refractivity contribution in [3.8, 4) is 0 Å². The molecule has 0 spiro atoms. The molecule has 0 amide bonds. The Morgan fingerprint density at radius 3 is 2.54 bits per heavy atom. The topological polar surface area (TPSA) is 15.8 Å². The van der Waals surface area contributed by atoms with Gasteiger partial charge in [-0.25, -0.2) is 13.2 Å². The Balaban J connectivity index is 2.96. The lowest BCUT2D eigenvalue weighted by atomic mass is 10.2. The number of benzene rings is 1. The molecular formula is C9H6F3N. The minimum atomic E-state index is -1.44. The summed E-state index contributed by atoms with van der Waals surface area (Å²) in [5.74, 6) is -3.76. The van der Waals surface area contributed by atoms with Gasteiger partial charge >= 0.3 is 0 Å². The van der Waals surface area contributed by atoms with Crippen LogP contribution in [0.25, 0.3) is 10.9 Å². The molecule has 2 rings (SSSR count). The molecule has 0 fully saturated rings. The predicted molar refractivity (Wildman–Crippen MR) is 42.9 cm³/mol. The lowest BCUT2D eigenvalue weighted by molar-refractivity contribution is 0.453. The first kappa shape index (κ1) is 8.16. The van der Waals surface area contributed by atoms with Crippen LogP contribution >= 0.6 is 0 Å². The minimum Gasteiger partial charge on any atom is -0.358 e. The molecule has 0 unspecified atom stereocenters. The van der Waals surface area contributed by atoms with Gasteiger partial charge in [0.15, 0.2) is 17.5 Å². The summed E-state index contributed by atoms with van der Waals surface area (Å²) in [5.41, 5.74) is 0.698. The van der Waals surface area contributed by atoms with Crippen LogP contribution in [-0.2, 0) is 0 Å². The summed E-state index contributed by atoms with van der Waals surface area (Å²) in [7, 11) is 0. The van der Waals surface area contributed by atoms with E-state index in [1.165, 1.54) is 6.20 Å². The van der Waals surface area contributed by atoms with Gasteiger partial charge in [-0.15, -0.1) is 0 Å². The number of rotatable bonds is 0. The fourth-order valence-electron chi connectivity index (χ4n) is 1.31. The van der Waals surface area contributed by atoms with Gasteiger partial charge in [-0.2, -0.15) is 0 Å². The minimum absolute atomic E-state index is 0.0106. The lowest BCUT2D eigenvalue weighted by Crippen LogP contribution is -1.91. The Bertz CT molecular complexity index is 473. The van der Waals surface area contributed by atoms with Crippen LogP contribution in [0.1, 0.15) is 5.56 Å². The van der Waals surface area contributed by atoms with Gasteiger partial charge in [0, 0.05) is 11.6 Å². The number of halogens is 3. The molecule has 1 heterocycles. The first-order valence-electron chi connectivity index (χ1n) is 3.72. The zero-order valence-electron chi connectivity index (χ0n) is 6.79. The summed E-state index contributed by atoms with van der Waals surface area (Å²) in [4.78, 5) is 2.54. The summed E-state index contributed by atoms with van der Waals surface area (Å²) in [6.07, 6.45) is 1.51. The monoisotopic (exact) mass is 185 g/mol. The van der Waals surface area contributed by atoms with Gasteiger partial charge in [0.2, 0.25) is 0 Å². The summed E-state index contributed by atoms with van der Waals surface area (Å²) in [6.45, 7) is 1.69. The van der Waals surface area contributed by atoms with Gasteiger partial charge in [0.1, 0.15) is 0 Å². The lowest BCUT2D eigenvalue weighted by Gasteiger charge is -1.97. The van der Waals surface area contributed by atoms with Crippen molar-refractivity contribution in [2.24, 2.45) is 0 Å². The molecule has 0 aliphatic carbocycles. The molecule has 1 N–H and O–H groups in total. The van der Waals surface area contributed by atoms with Crippen LogP contribution < -0.4 is 0 Å². The van der Waals surface area contributed by atoms with E-state index in [1.807, 2.05) is 0 Å². The van der Waals surface area contributed by atoms with Crippen LogP contribution in [0.5, 0.6) is 0 Å². The van der Waals surface area contributed by atoms with E-state index in [1.54, 1.807) is 6.92 Å². The fourth-order valence-corrected chi connectivity index (χ4v) is 1.31. The van der Waals surface area contributed by atoms with Gasteiger partial charge in [-0.1, -0.05) is 0 Å². The van der Waals surface area contributed by atoms with Crippen LogP contribution in [0.4, 0.5) is 13.2 Å². The molecule has 4 heteroatoms. The molecule has 68 valence electrons. The fraction of sp³-hybridized carbons (Fsp3) is 0.111. The molecule has 2 aromatic rings. The largest absolute Gasteiger partial charge is 0.358 e. The van der Waals surface area contributed by atoms with Gasteiger partial charge in [0.05, 0.1) is 5.52 Å². The van der Waals surface area contributed by atoms with E-state index < -0.39 is 17.5 Å². The van der Waals surface area contributed by atoms with Gasteiger partial charge in [0.25, 0.3) is 0 Å². The van der Waals surface area contributed by atoms with Gasteiger partial charge in [-0.05, 0) is 18.6 Å². The van der Waals surface area contributed by atoms with Crippen molar-refractivity contribution in [1.82, 2.24) is 4.98 Å². The van der Waals surface area contributed by atoms with E-state index in [4.69, 9.17) is 0 Å². The Kier molecular flexibility index (Phi) is 1.58. The molecule has 1 aromatic carbocycles. The summed E-state index contributed by atoms with van der Waals surface area (Å²) in [6, 6.07) is 0.986. The highest BCUT2D eigenvalue weighted by Gasteiger charge is 2.15. The third-order valence-electron chi connectivity index (χ3n) is 2.02. The van der Waals surface area contributed by atoms with Crippen LogP contribution in [-0.4, -0.2) is 4.98 Å². The molecule has 1 aromatic heterocycles. The molecule has 0 atom stereocenters. The van der Waals surface area contributed by atoms with E-state index in [0.717, 1.165) is 6.07 Å². The number of H-pyrrole nitrogens is 1. The van der Waals surface area contributed by atoms with Crippen molar-refractivity contribution in [2.45, 2.75) is 6.92 Å². The normalized spacial score (nSPS) is 11.1. The Hall–Kier alpha value is -1.45. The number of hydrogen-bond acceptors (Lipinski definition) is 0. The van der Waals surface area contributed by atoms with Crippen LogP contribution in [0.15, 0.2) is 12.3 Å². The average Bonchev–Trinajstić information content (AvgIpc) is 2.45. The Morgan fingerprint density at radius 2 is 1.85 bits per heavy atom. The van der Waals surface area contributed by atoms with Crippen LogP contribution in [0.2, 0.25) is 0 Å². The van der Waals surface area contributed by atoms with E-state index in [-0.39, 0.29) is 5.52 Å². The number of nitrogens with one attached hydrogen (secondary N) is 1. The molecule has 0 aliphatic heterocycles. The molecule has 0 aliphatic rings. The maximum absolute atomic E-state index is 13.0. The summed E-state index contributed by atoms with van der Waals surface area (Å²) in [5, 5.41) is 0.372. The zero-order chi connectivity index (χ0) is 9.59.